The molecule has 3 aromatic carbocycles. The smallest absolute Gasteiger partial charge is 0.270 e. The fourth-order valence-corrected chi connectivity index (χ4v) is 4.00. The number of piperazine rings is 1. The van der Waals surface area contributed by atoms with Gasteiger partial charge in [-0.2, -0.15) is 0 Å². The Hall–Kier alpha value is -4.00. The van der Waals surface area contributed by atoms with Gasteiger partial charge in [-0.1, -0.05) is 42.5 Å². The van der Waals surface area contributed by atoms with Gasteiger partial charge in [0.25, 0.3) is 5.69 Å². The minimum atomic E-state index is -0.395. The van der Waals surface area contributed by atoms with Gasteiger partial charge in [-0.3, -0.25) is 10.1 Å². The molecule has 1 aliphatic rings. The number of hydrogen-bond donors (Lipinski definition) is 0. The highest BCUT2D eigenvalue weighted by molar-refractivity contribution is 5.91. The van der Waals surface area contributed by atoms with Crippen molar-refractivity contribution in [2.24, 2.45) is 0 Å². The second-order valence-electron chi connectivity index (χ2n) is 7.51. The maximum Gasteiger partial charge on any atom is 0.270 e. The molecule has 1 saturated heterocycles. The zero-order chi connectivity index (χ0) is 21.2. The zero-order valence-electron chi connectivity index (χ0n) is 16.9. The second kappa shape index (κ2) is 8.02. The molecule has 154 valence electrons. The van der Waals surface area contributed by atoms with E-state index in [1.165, 1.54) is 17.8 Å². The van der Waals surface area contributed by atoms with Crippen LogP contribution in [0, 0.1) is 10.1 Å². The normalized spacial score (nSPS) is 14.1. The van der Waals surface area contributed by atoms with E-state index in [1.807, 2.05) is 36.4 Å². The van der Waals surface area contributed by atoms with E-state index in [0.29, 0.717) is 11.4 Å². The molecule has 31 heavy (non-hydrogen) atoms. The highest BCUT2D eigenvalue weighted by Crippen LogP contribution is 2.30. The first-order valence-corrected chi connectivity index (χ1v) is 10.3. The summed E-state index contributed by atoms with van der Waals surface area (Å²) in [6.45, 7) is 3.47. The Morgan fingerprint density at radius 3 is 2.26 bits per heavy atom. The van der Waals surface area contributed by atoms with Crippen LogP contribution >= 0.6 is 0 Å². The van der Waals surface area contributed by atoms with E-state index < -0.39 is 4.92 Å². The number of benzene rings is 3. The first-order chi connectivity index (χ1) is 15.2. The number of para-hydroxylation sites is 2. The van der Waals surface area contributed by atoms with Crippen molar-refractivity contribution in [3.63, 3.8) is 0 Å². The quantitative estimate of drug-likeness (QED) is 0.363. The summed E-state index contributed by atoms with van der Waals surface area (Å²) < 4.78 is 0. The van der Waals surface area contributed by atoms with E-state index >= 15 is 0 Å². The number of nitro benzene ring substituents is 1. The van der Waals surface area contributed by atoms with E-state index in [0.717, 1.165) is 42.9 Å². The molecule has 1 aliphatic heterocycles. The Balaban J connectivity index is 1.50. The van der Waals surface area contributed by atoms with Gasteiger partial charge in [0.1, 0.15) is 5.82 Å². The Kier molecular flexibility index (Phi) is 4.92. The van der Waals surface area contributed by atoms with Crippen molar-refractivity contribution in [1.29, 1.82) is 0 Å². The molecular formula is C24H21N5O2. The second-order valence-corrected chi connectivity index (χ2v) is 7.51. The minimum Gasteiger partial charge on any atom is -0.368 e. The summed E-state index contributed by atoms with van der Waals surface area (Å²) in [6, 6.07) is 24.8. The van der Waals surface area contributed by atoms with Gasteiger partial charge >= 0.3 is 0 Å². The molecule has 0 saturated carbocycles. The molecule has 0 spiro atoms. The van der Waals surface area contributed by atoms with E-state index in [4.69, 9.17) is 9.97 Å². The molecule has 7 heteroatoms. The standard InChI is InChI=1S/C24H21N5O2/c30-29(31)20-10-6-7-18(17-20)23-25-22-12-5-4-11-21(22)24(26-23)28-15-13-27(14-16-28)19-8-2-1-3-9-19/h1-12,17H,13-16H2. The Morgan fingerprint density at radius 1 is 0.774 bits per heavy atom. The molecule has 0 atom stereocenters. The molecule has 0 radical (unpaired) electrons. The summed E-state index contributed by atoms with van der Waals surface area (Å²) in [5.41, 5.74) is 2.74. The molecule has 4 aromatic rings. The summed E-state index contributed by atoms with van der Waals surface area (Å²) >= 11 is 0. The molecule has 0 unspecified atom stereocenters. The minimum absolute atomic E-state index is 0.0345. The molecule has 0 N–H and O–H groups in total. The summed E-state index contributed by atoms with van der Waals surface area (Å²) in [5, 5.41) is 12.2. The van der Waals surface area contributed by atoms with Gasteiger partial charge in [0, 0.05) is 54.9 Å². The van der Waals surface area contributed by atoms with E-state index in [2.05, 4.69) is 34.1 Å². The van der Waals surface area contributed by atoms with Gasteiger partial charge in [-0.05, 0) is 24.3 Å². The summed E-state index contributed by atoms with van der Waals surface area (Å²) in [6.07, 6.45) is 0. The van der Waals surface area contributed by atoms with Crippen LogP contribution in [0.5, 0.6) is 0 Å². The third-order valence-electron chi connectivity index (χ3n) is 5.60. The van der Waals surface area contributed by atoms with Crippen LogP contribution in [0.1, 0.15) is 0 Å². The van der Waals surface area contributed by atoms with Crippen molar-refractivity contribution in [3.8, 4) is 11.4 Å². The number of anilines is 2. The van der Waals surface area contributed by atoms with Gasteiger partial charge in [0.2, 0.25) is 0 Å². The first kappa shape index (κ1) is 19.0. The van der Waals surface area contributed by atoms with Gasteiger partial charge in [-0.25, -0.2) is 9.97 Å². The SMILES string of the molecule is O=[N+]([O-])c1cccc(-c2nc(N3CCN(c4ccccc4)CC3)c3ccccc3n2)c1. The zero-order valence-corrected chi connectivity index (χ0v) is 16.9. The first-order valence-electron chi connectivity index (χ1n) is 10.3. The van der Waals surface area contributed by atoms with Crippen molar-refractivity contribution >= 4 is 28.1 Å². The molecule has 2 heterocycles. The molecule has 0 bridgehead atoms. The highest BCUT2D eigenvalue weighted by atomic mass is 16.6. The predicted octanol–water partition coefficient (Wildman–Crippen LogP) is 4.53. The van der Waals surface area contributed by atoms with Crippen LogP contribution in [0.15, 0.2) is 78.9 Å². The Bertz CT molecular complexity index is 1240. The molecule has 5 rings (SSSR count). The summed E-state index contributed by atoms with van der Waals surface area (Å²) in [5.74, 6) is 1.38. The molecule has 0 amide bonds. The lowest BCUT2D eigenvalue weighted by molar-refractivity contribution is -0.384. The monoisotopic (exact) mass is 411 g/mol. The molecule has 1 aromatic heterocycles. The predicted molar refractivity (Wildman–Crippen MR) is 122 cm³/mol. The van der Waals surface area contributed by atoms with E-state index in [1.54, 1.807) is 6.07 Å². The summed E-state index contributed by atoms with van der Waals surface area (Å²) in [7, 11) is 0. The lowest BCUT2D eigenvalue weighted by Crippen LogP contribution is -2.47. The highest BCUT2D eigenvalue weighted by Gasteiger charge is 2.21. The maximum atomic E-state index is 11.2. The summed E-state index contributed by atoms with van der Waals surface area (Å²) in [4.78, 5) is 25.0. The lowest BCUT2D eigenvalue weighted by atomic mass is 10.1. The maximum absolute atomic E-state index is 11.2. The van der Waals surface area contributed by atoms with Gasteiger partial charge in [0.05, 0.1) is 10.4 Å². The molecule has 1 fully saturated rings. The van der Waals surface area contributed by atoms with Crippen LogP contribution in [0.3, 0.4) is 0 Å². The number of rotatable bonds is 4. The fourth-order valence-electron chi connectivity index (χ4n) is 4.00. The number of hydrogen-bond acceptors (Lipinski definition) is 6. The van der Waals surface area contributed by atoms with E-state index in [-0.39, 0.29) is 5.69 Å². The Labute approximate surface area is 179 Å². The van der Waals surface area contributed by atoms with Gasteiger partial charge in [-0.15, -0.1) is 0 Å². The van der Waals surface area contributed by atoms with Crippen LogP contribution in [0.2, 0.25) is 0 Å². The third-order valence-corrected chi connectivity index (χ3v) is 5.60. The molecular weight excluding hydrogens is 390 g/mol. The van der Waals surface area contributed by atoms with Crippen molar-refractivity contribution in [2.45, 2.75) is 0 Å². The third kappa shape index (κ3) is 3.77. The largest absolute Gasteiger partial charge is 0.368 e. The van der Waals surface area contributed by atoms with E-state index in [9.17, 15) is 10.1 Å². The number of nitrogens with zero attached hydrogens (tertiary/aromatic N) is 5. The van der Waals surface area contributed by atoms with Crippen LogP contribution in [-0.2, 0) is 0 Å². The van der Waals surface area contributed by atoms with Crippen molar-refractivity contribution < 1.29 is 4.92 Å². The van der Waals surface area contributed by atoms with Crippen LogP contribution in [0.4, 0.5) is 17.2 Å². The van der Waals surface area contributed by atoms with Crippen molar-refractivity contribution in [1.82, 2.24) is 9.97 Å². The average molecular weight is 411 g/mol. The number of aromatic nitrogens is 2. The van der Waals surface area contributed by atoms with Gasteiger partial charge in [0.15, 0.2) is 5.82 Å². The van der Waals surface area contributed by atoms with Crippen LogP contribution in [0.25, 0.3) is 22.3 Å². The molecule has 0 aliphatic carbocycles. The Morgan fingerprint density at radius 2 is 1.48 bits per heavy atom. The van der Waals surface area contributed by atoms with Crippen LogP contribution < -0.4 is 9.80 Å². The number of fused-ring (bicyclic) bond motifs is 1. The average Bonchev–Trinajstić information content (AvgIpc) is 2.84. The number of nitro groups is 1. The van der Waals surface area contributed by atoms with Crippen molar-refractivity contribution in [3.05, 3.63) is 89.0 Å². The van der Waals surface area contributed by atoms with Crippen LogP contribution in [-0.4, -0.2) is 41.1 Å². The van der Waals surface area contributed by atoms with Gasteiger partial charge < -0.3 is 9.80 Å². The lowest BCUT2D eigenvalue weighted by Gasteiger charge is -2.37. The fraction of sp³-hybridized carbons (Fsp3) is 0.167. The topological polar surface area (TPSA) is 75.4 Å². The van der Waals surface area contributed by atoms with Crippen molar-refractivity contribution in [2.75, 3.05) is 36.0 Å². The molecule has 7 nitrogen and oxygen atoms in total. The number of non-ortho nitro benzene ring substituents is 1.